The molecule has 0 atom stereocenters. The van der Waals surface area contributed by atoms with Crippen LogP contribution in [0.15, 0.2) is 24.3 Å². The van der Waals surface area contributed by atoms with Crippen LogP contribution in [-0.4, -0.2) is 29.4 Å². The Hall–Kier alpha value is -1.35. The van der Waals surface area contributed by atoms with Crippen molar-refractivity contribution in [3.63, 3.8) is 0 Å². The molecule has 0 aliphatic rings. The van der Waals surface area contributed by atoms with Crippen LogP contribution in [0, 0.1) is 0 Å². The Balaban J connectivity index is 2.55. The second-order valence-corrected chi connectivity index (χ2v) is 5.55. The van der Waals surface area contributed by atoms with E-state index in [-0.39, 0.29) is 5.91 Å². The van der Waals surface area contributed by atoms with E-state index in [2.05, 4.69) is 50.0 Å². The molecule has 0 saturated carbocycles. The molecule has 0 heterocycles. The molecule has 0 aromatic heterocycles. The van der Waals surface area contributed by atoms with Gasteiger partial charge in [-0.3, -0.25) is 9.69 Å². The summed E-state index contributed by atoms with van der Waals surface area (Å²) >= 11 is 0. The van der Waals surface area contributed by atoms with E-state index in [0.29, 0.717) is 12.1 Å². The van der Waals surface area contributed by atoms with Crippen molar-refractivity contribution in [1.82, 2.24) is 4.90 Å². The molecule has 1 amide bonds. The summed E-state index contributed by atoms with van der Waals surface area (Å²) in [5.41, 5.74) is 2.17. The maximum absolute atomic E-state index is 10.9. The van der Waals surface area contributed by atoms with Crippen molar-refractivity contribution in [1.29, 1.82) is 0 Å². The fraction of sp³-hybridized carbons (Fsp3) is 0.562. The molecule has 0 aliphatic heterocycles. The fourth-order valence-corrected chi connectivity index (χ4v) is 2.33. The van der Waals surface area contributed by atoms with Crippen molar-refractivity contribution in [2.45, 2.75) is 53.1 Å². The Labute approximate surface area is 117 Å². The number of hydrogen-bond donors (Lipinski definition) is 1. The third-order valence-electron chi connectivity index (χ3n) is 3.26. The maximum atomic E-state index is 10.9. The molecule has 19 heavy (non-hydrogen) atoms. The lowest BCUT2D eigenvalue weighted by atomic mass is 10.1. The standard InChI is InChI=1S/C16H26N2O/c1-12(2)18(13(3)4)11-10-15-6-8-16(9-7-15)17-14(5)19/h6-9,12-13H,10-11H2,1-5H3,(H,17,19). The van der Waals surface area contributed by atoms with Gasteiger partial charge in [0.1, 0.15) is 0 Å². The minimum Gasteiger partial charge on any atom is -0.326 e. The number of carbonyl (C=O) groups excluding carboxylic acids is 1. The molecule has 1 rings (SSSR count). The highest BCUT2D eigenvalue weighted by Gasteiger charge is 2.12. The zero-order valence-electron chi connectivity index (χ0n) is 12.7. The number of carbonyl (C=O) groups is 1. The minimum atomic E-state index is -0.0291. The average molecular weight is 262 g/mol. The average Bonchev–Trinajstić information content (AvgIpc) is 2.29. The third-order valence-corrected chi connectivity index (χ3v) is 3.26. The highest BCUT2D eigenvalue weighted by Crippen LogP contribution is 2.12. The molecule has 3 nitrogen and oxygen atoms in total. The largest absolute Gasteiger partial charge is 0.326 e. The van der Waals surface area contributed by atoms with Crippen molar-refractivity contribution in [2.75, 3.05) is 11.9 Å². The SMILES string of the molecule is CC(=O)Nc1ccc(CCN(C(C)C)C(C)C)cc1. The van der Waals surface area contributed by atoms with Crippen LogP contribution in [-0.2, 0) is 11.2 Å². The van der Waals surface area contributed by atoms with Gasteiger partial charge in [0.15, 0.2) is 0 Å². The van der Waals surface area contributed by atoms with Crippen LogP contribution in [0.5, 0.6) is 0 Å². The van der Waals surface area contributed by atoms with E-state index in [9.17, 15) is 4.79 Å². The molecule has 0 radical (unpaired) electrons. The molecule has 0 aliphatic carbocycles. The van der Waals surface area contributed by atoms with E-state index >= 15 is 0 Å². The van der Waals surface area contributed by atoms with Crippen molar-refractivity contribution in [3.05, 3.63) is 29.8 Å². The minimum absolute atomic E-state index is 0.0291. The summed E-state index contributed by atoms with van der Waals surface area (Å²) in [4.78, 5) is 13.4. The topological polar surface area (TPSA) is 32.3 Å². The van der Waals surface area contributed by atoms with Crippen LogP contribution in [0.1, 0.15) is 40.2 Å². The summed E-state index contributed by atoms with van der Waals surface area (Å²) in [6, 6.07) is 9.24. The van der Waals surface area contributed by atoms with Crippen LogP contribution in [0.4, 0.5) is 5.69 Å². The molecular formula is C16H26N2O. The second-order valence-electron chi connectivity index (χ2n) is 5.55. The number of nitrogens with one attached hydrogen (secondary N) is 1. The normalized spacial score (nSPS) is 11.4. The summed E-state index contributed by atoms with van der Waals surface area (Å²) in [6.07, 6.45) is 1.04. The molecule has 0 bridgehead atoms. The first-order valence-electron chi connectivity index (χ1n) is 7.02. The number of anilines is 1. The molecule has 0 unspecified atom stereocenters. The van der Waals surface area contributed by atoms with Gasteiger partial charge in [-0.05, 0) is 51.8 Å². The van der Waals surface area contributed by atoms with Crippen molar-refractivity contribution in [3.8, 4) is 0 Å². The van der Waals surface area contributed by atoms with Gasteiger partial charge in [0.25, 0.3) is 0 Å². The van der Waals surface area contributed by atoms with Crippen molar-refractivity contribution in [2.24, 2.45) is 0 Å². The van der Waals surface area contributed by atoms with Gasteiger partial charge in [-0.2, -0.15) is 0 Å². The van der Waals surface area contributed by atoms with Gasteiger partial charge in [0, 0.05) is 31.2 Å². The van der Waals surface area contributed by atoms with Crippen molar-refractivity contribution < 1.29 is 4.79 Å². The molecule has 1 aromatic rings. The number of amides is 1. The van der Waals surface area contributed by atoms with Gasteiger partial charge in [-0.25, -0.2) is 0 Å². The molecule has 3 heteroatoms. The zero-order chi connectivity index (χ0) is 14.4. The smallest absolute Gasteiger partial charge is 0.221 e. The second kappa shape index (κ2) is 7.29. The summed E-state index contributed by atoms with van der Waals surface area (Å²) in [6.45, 7) is 11.5. The molecule has 1 aromatic carbocycles. The summed E-state index contributed by atoms with van der Waals surface area (Å²) in [5, 5.41) is 2.78. The van der Waals surface area contributed by atoms with Crippen LogP contribution in [0.3, 0.4) is 0 Å². The molecule has 0 spiro atoms. The first kappa shape index (κ1) is 15.7. The number of nitrogens with zero attached hydrogens (tertiary/aromatic N) is 1. The van der Waals surface area contributed by atoms with E-state index in [1.54, 1.807) is 0 Å². The third kappa shape index (κ3) is 5.43. The van der Waals surface area contributed by atoms with E-state index in [0.717, 1.165) is 18.7 Å². The van der Waals surface area contributed by atoms with Crippen molar-refractivity contribution >= 4 is 11.6 Å². The molecule has 106 valence electrons. The van der Waals surface area contributed by atoms with Gasteiger partial charge < -0.3 is 5.32 Å². The lowest BCUT2D eigenvalue weighted by Crippen LogP contribution is -2.38. The van der Waals surface area contributed by atoms with E-state index < -0.39 is 0 Å². The maximum Gasteiger partial charge on any atom is 0.221 e. The first-order chi connectivity index (χ1) is 8.90. The Morgan fingerprint density at radius 3 is 2.05 bits per heavy atom. The van der Waals surface area contributed by atoms with E-state index in [1.807, 2.05) is 12.1 Å². The highest BCUT2D eigenvalue weighted by molar-refractivity contribution is 5.88. The fourth-order valence-electron chi connectivity index (χ4n) is 2.33. The van der Waals surface area contributed by atoms with Crippen LogP contribution >= 0.6 is 0 Å². The Kier molecular flexibility index (Phi) is 6.03. The summed E-state index contributed by atoms with van der Waals surface area (Å²) < 4.78 is 0. The molecule has 1 N–H and O–H groups in total. The Bertz CT molecular complexity index is 388. The summed E-state index contributed by atoms with van der Waals surface area (Å²) in [5.74, 6) is -0.0291. The van der Waals surface area contributed by atoms with Gasteiger partial charge in [-0.1, -0.05) is 12.1 Å². The summed E-state index contributed by atoms with van der Waals surface area (Å²) in [7, 11) is 0. The Morgan fingerprint density at radius 1 is 1.11 bits per heavy atom. The quantitative estimate of drug-likeness (QED) is 0.853. The van der Waals surface area contributed by atoms with Gasteiger partial charge >= 0.3 is 0 Å². The molecular weight excluding hydrogens is 236 g/mol. The molecule has 0 fully saturated rings. The van der Waals surface area contributed by atoms with Gasteiger partial charge in [-0.15, -0.1) is 0 Å². The number of rotatable bonds is 6. The number of benzene rings is 1. The monoisotopic (exact) mass is 262 g/mol. The number of hydrogen-bond acceptors (Lipinski definition) is 2. The Morgan fingerprint density at radius 2 is 1.63 bits per heavy atom. The van der Waals surface area contributed by atoms with Crippen LogP contribution in [0.2, 0.25) is 0 Å². The molecule has 0 saturated heterocycles. The van der Waals surface area contributed by atoms with Gasteiger partial charge in [0.05, 0.1) is 0 Å². The lowest BCUT2D eigenvalue weighted by Gasteiger charge is -2.30. The van der Waals surface area contributed by atoms with Gasteiger partial charge in [0.2, 0.25) is 5.91 Å². The zero-order valence-corrected chi connectivity index (χ0v) is 12.7. The predicted molar refractivity (Wildman–Crippen MR) is 81.4 cm³/mol. The first-order valence-corrected chi connectivity index (χ1v) is 7.02. The van der Waals surface area contributed by atoms with Crippen LogP contribution in [0.25, 0.3) is 0 Å². The predicted octanol–water partition coefficient (Wildman–Crippen LogP) is 3.31. The van der Waals surface area contributed by atoms with E-state index in [4.69, 9.17) is 0 Å². The highest BCUT2D eigenvalue weighted by atomic mass is 16.1. The van der Waals surface area contributed by atoms with Crippen LogP contribution < -0.4 is 5.32 Å². The van der Waals surface area contributed by atoms with E-state index in [1.165, 1.54) is 12.5 Å². The lowest BCUT2D eigenvalue weighted by molar-refractivity contribution is -0.114.